The number of rotatable bonds is 6. The average molecular weight is 165 g/mol. The first-order chi connectivity index (χ1) is 5.16. The van der Waals surface area contributed by atoms with Gasteiger partial charge in [0.05, 0.1) is 13.2 Å². The summed E-state index contributed by atoms with van der Waals surface area (Å²) in [6.07, 6.45) is -0.976. The molecular weight excluding hydrogens is 154 g/mol. The van der Waals surface area contributed by atoms with Crippen LogP contribution in [0.3, 0.4) is 0 Å². The molecule has 11 heavy (non-hydrogen) atoms. The molecule has 0 fully saturated rings. The van der Waals surface area contributed by atoms with Gasteiger partial charge in [0.2, 0.25) is 0 Å². The monoisotopic (exact) mass is 165 g/mol. The van der Waals surface area contributed by atoms with Gasteiger partial charge in [-0.25, -0.2) is 0 Å². The first kappa shape index (κ1) is 10.3. The molecule has 0 bridgehead atoms. The molecule has 0 rings (SSSR count). The number of aliphatic hydroxyl groups excluding tert-OH is 2. The lowest BCUT2D eigenvalue weighted by Gasteiger charge is -2.06. The third kappa shape index (κ3) is 7.20. The fourth-order valence-electron chi connectivity index (χ4n) is 0.321. The van der Waals surface area contributed by atoms with Crippen LogP contribution in [0, 0.1) is 0 Å². The van der Waals surface area contributed by atoms with Crippen molar-refractivity contribution in [3.05, 3.63) is 0 Å². The molecule has 0 saturated carbocycles. The van der Waals surface area contributed by atoms with Gasteiger partial charge in [-0.2, -0.15) is 5.48 Å². The van der Waals surface area contributed by atoms with Gasteiger partial charge in [-0.3, -0.25) is 9.63 Å². The minimum Gasteiger partial charge on any atom is -0.480 e. The van der Waals surface area contributed by atoms with Crippen LogP contribution in [0.25, 0.3) is 0 Å². The predicted molar refractivity (Wildman–Crippen MR) is 34.7 cm³/mol. The molecular formula is C5H11NO5. The SMILES string of the molecule is O=C(O)CNOCC(O)CO. The highest BCUT2D eigenvalue weighted by molar-refractivity contribution is 5.68. The van der Waals surface area contributed by atoms with E-state index in [2.05, 4.69) is 10.3 Å². The summed E-state index contributed by atoms with van der Waals surface area (Å²) in [5, 5.41) is 25.0. The van der Waals surface area contributed by atoms with Gasteiger partial charge >= 0.3 is 5.97 Å². The van der Waals surface area contributed by atoms with Gasteiger partial charge in [0.15, 0.2) is 0 Å². The zero-order valence-corrected chi connectivity index (χ0v) is 5.86. The second-order valence-electron chi connectivity index (χ2n) is 1.86. The van der Waals surface area contributed by atoms with Crippen LogP contribution in [0.5, 0.6) is 0 Å². The van der Waals surface area contributed by atoms with Gasteiger partial charge in [-0.05, 0) is 0 Å². The zero-order chi connectivity index (χ0) is 8.69. The van der Waals surface area contributed by atoms with E-state index < -0.39 is 18.7 Å². The van der Waals surface area contributed by atoms with Gasteiger partial charge in [0, 0.05) is 0 Å². The molecule has 0 spiro atoms. The van der Waals surface area contributed by atoms with Crippen LogP contribution in [0.1, 0.15) is 0 Å². The number of carbonyl (C=O) groups is 1. The lowest BCUT2D eigenvalue weighted by Crippen LogP contribution is -2.28. The van der Waals surface area contributed by atoms with Crippen LogP contribution in [-0.2, 0) is 9.63 Å². The second-order valence-corrected chi connectivity index (χ2v) is 1.86. The number of hydrogen-bond donors (Lipinski definition) is 4. The van der Waals surface area contributed by atoms with E-state index in [9.17, 15) is 4.79 Å². The summed E-state index contributed by atoms with van der Waals surface area (Å²) >= 11 is 0. The molecule has 0 aliphatic rings. The van der Waals surface area contributed by atoms with Gasteiger partial charge in [-0.1, -0.05) is 0 Å². The Balaban J connectivity index is 3.08. The number of hydrogen-bond acceptors (Lipinski definition) is 5. The lowest BCUT2D eigenvalue weighted by atomic mass is 10.4. The van der Waals surface area contributed by atoms with E-state index in [0.29, 0.717) is 0 Å². The van der Waals surface area contributed by atoms with Crippen LogP contribution < -0.4 is 5.48 Å². The van der Waals surface area contributed by atoms with E-state index in [0.717, 1.165) is 0 Å². The third-order valence-corrected chi connectivity index (χ3v) is 0.812. The second kappa shape index (κ2) is 6.05. The summed E-state index contributed by atoms with van der Waals surface area (Å²) in [5.74, 6) is -1.05. The Kier molecular flexibility index (Phi) is 5.67. The zero-order valence-electron chi connectivity index (χ0n) is 5.86. The molecule has 0 radical (unpaired) electrons. The maximum atomic E-state index is 9.86. The molecule has 6 heteroatoms. The van der Waals surface area contributed by atoms with Crippen molar-refractivity contribution in [2.24, 2.45) is 0 Å². The molecule has 4 N–H and O–H groups in total. The average Bonchev–Trinajstić information content (AvgIpc) is 1.97. The molecule has 66 valence electrons. The highest BCUT2D eigenvalue weighted by atomic mass is 16.7. The summed E-state index contributed by atoms with van der Waals surface area (Å²) in [6, 6.07) is 0. The molecule has 0 aromatic heterocycles. The molecule has 1 unspecified atom stereocenters. The third-order valence-electron chi connectivity index (χ3n) is 0.812. The summed E-state index contributed by atoms with van der Waals surface area (Å²) in [4.78, 5) is 14.3. The van der Waals surface area contributed by atoms with Crippen LogP contribution in [0.4, 0.5) is 0 Å². The quantitative estimate of drug-likeness (QED) is 0.267. The highest BCUT2D eigenvalue weighted by Gasteiger charge is 2.01. The predicted octanol–water partition coefficient (Wildman–Crippen LogP) is -2.05. The Morgan fingerprint density at radius 1 is 1.64 bits per heavy atom. The molecule has 0 amide bonds. The van der Waals surface area contributed by atoms with E-state index in [1.54, 1.807) is 0 Å². The number of nitrogens with one attached hydrogen (secondary N) is 1. The van der Waals surface area contributed by atoms with Crippen molar-refractivity contribution in [1.29, 1.82) is 0 Å². The highest BCUT2D eigenvalue weighted by Crippen LogP contribution is 1.79. The molecule has 6 nitrogen and oxygen atoms in total. The Morgan fingerprint density at radius 3 is 2.73 bits per heavy atom. The largest absolute Gasteiger partial charge is 0.480 e. The van der Waals surface area contributed by atoms with E-state index in [1.807, 2.05) is 0 Å². The summed E-state index contributed by atoms with van der Waals surface area (Å²) < 4.78 is 0. The van der Waals surface area contributed by atoms with Crippen molar-refractivity contribution in [2.45, 2.75) is 6.10 Å². The molecule has 0 heterocycles. The minimum atomic E-state index is -1.05. The van der Waals surface area contributed by atoms with Crippen molar-refractivity contribution >= 4 is 5.97 Å². The van der Waals surface area contributed by atoms with E-state index in [-0.39, 0.29) is 13.2 Å². The Morgan fingerprint density at radius 2 is 2.27 bits per heavy atom. The molecule has 0 aromatic rings. The van der Waals surface area contributed by atoms with Crippen molar-refractivity contribution in [2.75, 3.05) is 19.8 Å². The van der Waals surface area contributed by atoms with Crippen molar-refractivity contribution < 1.29 is 25.0 Å². The summed E-state index contributed by atoms with van der Waals surface area (Å²) in [6.45, 7) is -0.878. The topological polar surface area (TPSA) is 99.0 Å². The first-order valence-electron chi connectivity index (χ1n) is 3.02. The maximum absolute atomic E-state index is 9.86. The number of hydroxylamine groups is 1. The van der Waals surface area contributed by atoms with Gasteiger partial charge < -0.3 is 15.3 Å². The maximum Gasteiger partial charge on any atom is 0.319 e. The smallest absolute Gasteiger partial charge is 0.319 e. The van der Waals surface area contributed by atoms with E-state index in [1.165, 1.54) is 0 Å². The fraction of sp³-hybridized carbons (Fsp3) is 0.800. The molecule has 0 aliphatic heterocycles. The minimum absolute atomic E-state index is 0.135. The van der Waals surface area contributed by atoms with Crippen molar-refractivity contribution in [3.63, 3.8) is 0 Å². The van der Waals surface area contributed by atoms with Gasteiger partial charge in [0.1, 0.15) is 12.6 Å². The molecule has 1 atom stereocenters. The Hall–Kier alpha value is -0.690. The lowest BCUT2D eigenvalue weighted by molar-refractivity contribution is -0.139. The van der Waals surface area contributed by atoms with Crippen LogP contribution in [0.2, 0.25) is 0 Å². The molecule has 0 aliphatic carbocycles. The molecule has 0 aromatic carbocycles. The number of aliphatic hydroxyl groups is 2. The van der Waals surface area contributed by atoms with Gasteiger partial charge in [0.25, 0.3) is 0 Å². The number of carboxylic acid groups (broad SMARTS) is 1. The Labute approximate surface area is 63.4 Å². The van der Waals surface area contributed by atoms with Gasteiger partial charge in [-0.15, -0.1) is 0 Å². The standard InChI is InChI=1S/C5H11NO5/c7-2-4(8)3-11-6-1-5(9)10/h4,6-8H,1-3H2,(H,9,10). The normalized spacial score (nSPS) is 12.9. The van der Waals surface area contributed by atoms with Crippen molar-refractivity contribution in [3.8, 4) is 0 Å². The fourth-order valence-corrected chi connectivity index (χ4v) is 0.321. The van der Waals surface area contributed by atoms with E-state index in [4.69, 9.17) is 15.3 Å². The van der Waals surface area contributed by atoms with Crippen LogP contribution in [0.15, 0.2) is 0 Å². The van der Waals surface area contributed by atoms with Crippen LogP contribution >= 0.6 is 0 Å². The van der Waals surface area contributed by atoms with Crippen molar-refractivity contribution in [1.82, 2.24) is 5.48 Å². The summed E-state index contributed by atoms with van der Waals surface area (Å²) in [7, 11) is 0. The molecule has 0 saturated heterocycles. The Bertz CT molecular complexity index is 117. The summed E-state index contributed by atoms with van der Waals surface area (Å²) in [5.41, 5.74) is 2.08. The first-order valence-corrected chi connectivity index (χ1v) is 3.02. The number of carboxylic acids is 1. The number of aliphatic carboxylic acids is 1. The van der Waals surface area contributed by atoms with Crippen LogP contribution in [-0.4, -0.2) is 47.2 Å². The van der Waals surface area contributed by atoms with E-state index >= 15 is 0 Å².